The van der Waals surface area contributed by atoms with Gasteiger partial charge in [-0.2, -0.15) is 0 Å². The van der Waals surface area contributed by atoms with Gasteiger partial charge in [-0.3, -0.25) is 9.69 Å². The van der Waals surface area contributed by atoms with Gasteiger partial charge >= 0.3 is 0 Å². The van der Waals surface area contributed by atoms with Crippen molar-refractivity contribution in [2.24, 2.45) is 0 Å². The Labute approximate surface area is 156 Å². The maximum absolute atomic E-state index is 12.3. The summed E-state index contributed by atoms with van der Waals surface area (Å²) in [6.45, 7) is 2.54. The van der Waals surface area contributed by atoms with E-state index in [-0.39, 0.29) is 5.56 Å². The van der Waals surface area contributed by atoms with Crippen LogP contribution in [0.15, 0.2) is 47.3 Å². The standard InChI is InChI=1S/C20H20ClN3O2/c21-15-3-6-18-17(11-15)20(26)23-19(22-18)12-24-9-7-14(8-10-24)13-1-4-16(25)5-2-13/h1-6,11,14,25H,7-10,12H2,(H,22,23,26). The molecule has 2 heterocycles. The van der Waals surface area contributed by atoms with Gasteiger partial charge in [-0.25, -0.2) is 4.98 Å². The summed E-state index contributed by atoms with van der Waals surface area (Å²) in [5, 5.41) is 10.5. The maximum atomic E-state index is 12.3. The molecule has 0 aliphatic carbocycles. The largest absolute Gasteiger partial charge is 0.508 e. The number of halogens is 1. The van der Waals surface area contributed by atoms with Crippen LogP contribution in [0.2, 0.25) is 5.02 Å². The third kappa shape index (κ3) is 3.59. The molecule has 2 N–H and O–H groups in total. The molecule has 0 spiro atoms. The van der Waals surface area contributed by atoms with Crippen LogP contribution in [0.3, 0.4) is 0 Å². The van der Waals surface area contributed by atoms with Gasteiger partial charge in [-0.05, 0) is 67.7 Å². The number of aromatic hydroxyl groups is 1. The summed E-state index contributed by atoms with van der Waals surface area (Å²) in [7, 11) is 0. The van der Waals surface area contributed by atoms with Crippen LogP contribution in [0.1, 0.15) is 30.1 Å². The van der Waals surface area contributed by atoms with Gasteiger partial charge < -0.3 is 10.1 Å². The van der Waals surface area contributed by atoms with Crippen LogP contribution in [0.5, 0.6) is 5.75 Å². The molecule has 1 fully saturated rings. The van der Waals surface area contributed by atoms with Crippen molar-refractivity contribution in [3.05, 3.63) is 69.2 Å². The predicted octanol–water partition coefficient (Wildman–Crippen LogP) is 3.66. The number of hydrogen-bond acceptors (Lipinski definition) is 4. The second-order valence-electron chi connectivity index (χ2n) is 6.82. The third-order valence-corrected chi connectivity index (χ3v) is 5.28. The minimum Gasteiger partial charge on any atom is -0.508 e. The van der Waals surface area contributed by atoms with Crippen LogP contribution >= 0.6 is 11.6 Å². The molecule has 3 aromatic rings. The van der Waals surface area contributed by atoms with Crippen molar-refractivity contribution in [1.29, 1.82) is 0 Å². The van der Waals surface area contributed by atoms with Crippen molar-refractivity contribution >= 4 is 22.5 Å². The van der Waals surface area contributed by atoms with Gasteiger partial charge in [-0.1, -0.05) is 23.7 Å². The molecule has 6 heteroatoms. The van der Waals surface area contributed by atoms with Crippen molar-refractivity contribution in [2.75, 3.05) is 13.1 Å². The van der Waals surface area contributed by atoms with Gasteiger partial charge in [0, 0.05) is 5.02 Å². The van der Waals surface area contributed by atoms with Crippen LogP contribution in [0.25, 0.3) is 10.9 Å². The molecule has 0 saturated carbocycles. The van der Waals surface area contributed by atoms with Crippen molar-refractivity contribution < 1.29 is 5.11 Å². The number of hydrogen-bond donors (Lipinski definition) is 2. The van der Waals surface area contributed by atoms with Crippen LogP contribution in [-0.4, -0.2) is 33.1 Å². The van der Waals surface area contributed by atoms with E-state index in [1.807, 2.05) is 12.1 Å². The lowest BCUT2D eigenvalue weighted by atomic mass is 9.89. The minimum atomic E-state index is -0.147. The quantitative estimate of drug-likeness (QED) is 0.739. The Kier molecular flexibility index (Phi) is 4.66. The highest BCUT2D eigenvalue weighted by Crippen LogP contribution is 2.29. The van der Waals surface area contributed by atoms with E-state index in [0.29, 0.717) is 40.0 Å². The smallest absolute Gasteiger partial charge is 0.258 e. The summed E-state index contributed by atoms with van der Waals surface area (Å²) in [4.78, 5) is 22.0. The zero-order valence-electron chi connectivity index (χ0n) is 14.3. The number of likely N-dealkylation sites (tertiary alicyclic amines) is 1. The molecule has 1 aromatic heterocycles. The molecule has 0 radical (unpaired) electrons. The number of rotatable bonds is 3. The zero-order valence-corrected chi connectivity index (χ0v) is 15.0. The molecule has 0 unspecified atom stereocenters. The molecule has 0 amide bonds. The van der Waals surface area contributed by atoms with Crippen LogP contribution in [0, 0.1) is 0 Å². The average molecular weight is 370 g/mol. The molecular formula is C20H20ClN3O2. The van der Waals surface area contributed by atoms with Crippen molar-refractivity contribution in [3.63, 3.8) is 0 Å². The first-order chi connectivity index (χ1) is 12.6. The predicted molar refractivity (Wildman–Crippen MR) is 103 cm³/mol. The van der Waals surface area contributed by atoms with Gasteiger partial charge in [0.25, 0.3) is 5.56 Å². The molecule has 134 valence electrons. The van der Waals surface area contributed by atoms with E-state index in [0.717, 1.165) is 25.9 Å². The molecule has 26 heavy (non-hydrogen) atoms. The molecule has 2 aromatic carbocycles. The summed E-state index contributed by atoms with van der Waals surface area (Å²) < 4.78 is 0. The van der Waals surface area contributed by atoms with Crippen LogP contribution in [0.4, 0.5) is 0 Å². The Morgan fingerprint density at radius 2 is 1.88 bits per heavy atom. The van der Waals surface area contributed by atoms with Crippen molar-refractivity contribution in [1.82, 2.24) is 14.9 Å². The lowest BCUT2D eigenvalue weighted by Gasteiger charge is -2.31. The van der Waals surface area contributed by atoms with Gasteiger partial charge in [0.05, 0.1) is 17.4 Å². The first-order valence-corrected chi connectivity index (χ1v) is 9.16. The topological polar surface area (TPSA) is 69.2 Å². The number of aromatic nitrogens is 2. The minimum absolute atomic E-state index is 0.147. The first-order valence-electron chi connectivity index (χ1n) is 8.78. The Morgan fingerprint density at radius 1 is 1.15 bits per heavy atom. The summed E-state index contributed by atoms with van der Waals surface area (Å²) in [5.74, 6) is 1.50. The monoisotopic (exact) mass is 369 g/mol. The summed E-state index contributed by atoms with van der Waals surface area (Å²) >= 11 is 5.96. The van der Waals surface area contributed by atoms with E-state index in [4.69, 9.17) is 11.6 Å². The highest BCUT2D eigenvalue weighted by molar-refractivity contribution is 6.31. The van der Waals surface area contributed by atoms with Gasteiger partial charge in [-0.15, -0.1) is 0 Å². The van der Waals surface area contributed by atoms with Crippen LogP contribution in [-0.2, 0) is 6.54 Å². The van der Waals surface area contributed by atoms with E-state index < -0.39 is 0 Å². The van der Waals surface area contributed by atoms with E-state index in [1.54, 1.807) is 30.3 Å². The Morgan fingerprint density at radius 3 is 2.62 bits per heavy atom. The van der Waals surface area contributed by atoms with Crippen LogP contribution < -0.4 is 5.56 Å². The first kappa shape index (κ1) is 17.1. The van der Waals surface area contributed by atoms with Gasteiger partial charge in [0.15, 0.2) is 0 Å². The fourth-order valence-electron chi connectivity index (χ4n) is 3.62. The molecule has 4 rings (SSSR count). The molecule has 0 bridgehead atoms. The second kappa shape index (κ2) is 7.09. The molecule has 1 saturated heterocycles. The molecule has 1 aliphatic heterocycles. The number of nitrogens with zero attached hydrogens (tertiary/aromatic N) is 2. The van der Waals surface area contributed by atoms with Gasteiger partial charge in [0.2, 0.25) is 0 Å². The Hall–Kier alpha value is -2.37. The maximum Gasteiger partial charge on any atom is 0.258 e. The Bertz CT molecular complexity index is 977. The molecule has 5 nitrogen and oxygen atoms in total. The number of benzene rings is 2. The lowest BCUT2D eigenvalue weighted by Crippen LogP contribution is -2.33. The summed E-state index contributed by atoms with van der Waals surface area (Å²) in [6.07, 6.45) is 2.11. The number of H-pyrrole nitrogens is 1. The van der Waals surface area contributed by atoms with Gasteiger partial charge in [0.1, 0.15) is 11.6 Å². The molecule has 1 aliphatic rings. The van der Waals surface area contributed by atoms with E-state index in [1.165, 1.54) is 5.56 Å². The number of aromatic amines is 1. The molecule has 0 atom stereocenters. The summed E-state index contributed by atoms with van der Waals surface area (Å²) in [5.41, 5.74) is 1.80. The van der Waals surface area contributed by atoms with E-state index in [2.05, 4.69) is 14.9 Å². The number of fused-ring (bicyclic) bond motifs is 1. The third-order valence-electron chi connectivity index (χ3n) is 5.04. The Balaban J connectivity index is 1.44. The fourth-order valence-corrected chi connectivity index (χ4v) is 3.79. The van der Waals surface area contributed by atoms with Crippen molar-refractivity contribution in [3.8, 4) is 5.75 Å². The van der Waals surface area contributed by atoms with E-state index in [9.17, 15) is 9.90 Å². The van der Waals surface area contributed by atoms with E-state index >= 15 is 0 Å². The number of nitrogens with one attached hydrogen (secondary N) is 1. The second-order valence-corrected chi connectivity index (χ2v) is 7.25. The normalized spacial score (nSPS) is 16.2. The number of phenols is 1. The fraction of sp³-hybridized carbons (Fsp3) is 0.300. The zero-order chi connectivity index (χ0) is 18.1. The average Bonchev–Trinajstić information content (AvgIpc) is 2.64. The number of piperidine rings is 1. The highest BCUT2D eigenvalue weighted by Gasteiger charge is 2.21. The molecular weight excluding hydrogens is 350 g/mol. The van der Waals surface area contributed by atoms with Crippen molar-refractivity contribution in [2.45, 2.75) is 25.3 Å². The highest BCUT2D eigenvalue weighted by atomic mass is 35.5. The lowest BCUT2D eigenvalue weighted by molar-refractivity contribution is 0.200. The number of phenolic OH excluding ortho intramolecular Hbond substituents is 1. The summed E-state index contributed by atoms with van der Waals surface area (Å²) in [6, 6.07) is 12.7. The SMILES string of the molecule is O=c1[nH]c(CN2CCC(c3ccc(O)cc3)CC2)nc2ccc(Cl)cc12.